The highest BCUT2D eigenvalue weighted by Gasteiger charge is 2.18. The Labute approximate surface area is 130 Å². The Kier molecular flexibility index (Phi) is 4.45. The van der Waals surface area contributed by atoms with Gasteiger partial charge in [0.05, 0.1) is 18.1 Å². The monoisotopic (exact) mass is 307 g/mol. The van der Waals surface area contributed by atoms with E-state index in [4.69, 9.17) is 16.3 Å². The highest BCUT2D eigenvalue weighted by Crippen LogP contribution is 2.25. The maximum Gasteiger partial charge on any atom is 0.160 e. The summed E-state index contributed by atoms with van der Waals surface area (Å²) in [5, 5.41) is -0.133. The molecular weight excluding hydrogens is 286 g/mol. The minimum atomic E-state index is -0.133. The molecular formula is C16H22ClN3O. The third-order valence-electron chi connectivity index (χ3n) is 4.08. The molecule has 1 saturated carbocycles. The first-order chi connectivity index (χ1) is 10.1. The molecule has 1 aliphatic rings. The Morgan fingerprint density at radius 3 is 2.90 bits per heavy atom. The molecule has 0 bridgehead atoms. The second kappa shape index (κ2) is 6.32. The Morgan fingerprint density at radius 1 is 1.43 bits per heavy atom. The van der Waals surface area contributed by atoms with Gasteiger partial charge in [0, 0.05) is 12.7 Å². The number of hydrogen-bond donors (Lipinski definition) is 0. The maximum absolute atomic E-state index is 6.27. The molecule has 3 rings (SSSR count). The second-order valence-corrected chi connectivity index (χ2v) is 6.52. The number of aromatic nitrogens is 3. The van der Waals surface area contributed by atoms with Crippen LogP contribution in [0, 0.1) is 6.92 Å². The van der Waals surface area contributed by atoms with Crippen molar-refractivity contribution in [1.29, 1.82) is 0 Å². The van der Waals surface area contributed by atoms with Crippen LogP contribution in [-0.2, 0) is 11.3 Å². The number of nitrogens with zero attached hydrogens (tertiary/aromatic N) is 3. The van der Waals surface area contributed by atoms with Crippen LogP contribution in [0.2, 0.25) is 0 Å². The zero-order valence-electron chi connectivity index (χ0n) is 12.7. The van der Waals surface area contributed by atoms with Gasteiger partial charge in [0.2, 0.25) is 0 Å². The highest BCUT2D eigenvalue weighted by atomic mass is 35.5. The number of aryl methyl sites for hydroxylation is 1. The number of fused-ring (bicyclic) bond motifs is 1. The van der Waals surface area contributed by atoms with Gasteiger partial charge in [-0.3, -0.25) is 0 Å². The number of alkyl halides is 1. The van der Waals surface area contributed by atoms with E-state index in [0.29, 0.717) is 12.7 Å². The molecule has 0 saturated heterocycles. The van der Waals surface area contributed by atoms with E-state index in [1.807, 2.05) is 20.0 Å². The van der Waals surface area contributed by atoms with E-state index >= 15 is 0 Å². The van der Waals surface area contributed by atoms with E-state index in [0.717, 1.165) is 29.1 Å². The van der Waals surface area contributed by atoms with Crippen LogP contribution in [0.25, 0.3) is 11.2 Å². The SMILES string of the molecule is Cc1cnc2c(c1)nc(C(C)Cl)n2CCOC1CCCC1. The van der Waals surface area contributed by atoms with Crippen LogP contribution in [0.15, 0.2) is 12.3 Å². The maximum atomic E-state index is 6.27. The van der Waals surface area contributed by atoms with Gasteiger partial charge in [0.15, 0.2) is 5.65 Å². The first-order valence-corrected chi connectivity index (χ1v) is 8.17. The molecule has 1 fully saturated rings. The topological polar surface area (TPSA) is 39.9 Å². The van der Waals surface area contributed by atoms with Crippen molar-refractivity contribution in [1.82, 2.24) is 14.5 Å². The van der Waals surface area contributed by atoms with Crippen molar-refractivity contribution in [2.45, 2.75) is 57.6 Å². The molecule has 0 amide bonds. The van der Waals surface area contributed by atoms with Gasteiger partial charge in [-0.05, 0) is 38.3 Å². The average Bonchev–Trinajstić information content (AvgIpc) is 3.06. The Balaban J connectivity index is 1.79. The summed E-state index contributed by atoms with van der Waals surface area (Å²) in [5.41, 5.74) is 2.93. The van der Waals surface area contributed by atoms with Crippen molar-refractivity contribution in [3.05, 3.63) is 23.7 Å². The summed E-state index contributed by atoms with van der Waals surface area (Å²) < 4.78 is 8.06. The predicted octanol–water partition coefficient (Wildman–Crippen LogP) is 4.00. The number of imidazole rings is 1. The van der Waals surface area contributed by atoms with Crippen molar-refractivity contribution in [3.63, 3.8) is 0 Å². The lowest BCUT2D eigenvalue weighted by atomic mass is 10.3. The van der Waals surface area contributed by atoms with Gasteiger partial charge in [-0.15, -0.1) is 11.6 Å². The largest absolute Gasteiger partial charge is 0.376 e. The molecule has 1 aliphatic carbocycles. The normalized spacial score (nSPS) is 17.7. The Bertz CT molecular complexity index is 617. The summed E-state index contributed by atoms with van der Waals surface area (Å²) in [7, 11) is 0. The van der Waals surface area contributed by atoms with Gasteiger partial charge >= 0.3 is 0 Å². The van der Waals surface area contributed by atoms with Gasteiger partial charge < -0.3 is 9.30 Å². The minimum Gasteiger partial charge on any atom is -0.376 e. The van der Waals surface area contributed by atoms with Crippen LogP contribution < -0.4 is 0 Å². The molecule has 5 heteroatoms. The molecule has 0 radical (unpaired) electrons. The molecule has 1 atom stereocenters. The number of rotatable bonds is 5. The van der Waals surface area contributed by atoms with Crippen LogP contribution in [0.1, 0.15) is 49.4 Å². The molecule has 2 aromatic heterocycles. The molecule has 2 aromatic rings. The van der Waals surface area contributed by atoms with Gasteiger partial charge in [0.25, 0.3) is 0 Å². The van der Waals surface area contributed by atoms with Crippen molar-refractivity contribution in [3.8, 4) is 0 Å². The number of halogens is 1. The molecule has 0 N–H and O–H groups in total. The van der Waals surface area contributed by atoms with E-state index in [9.17, 15) is 0 Å². The summed E-state index contributed by atoms with van der Waals surface area (Å²) in [4.78, 5) is 9.16. The van der Waals surface area contributed by atoms with Crippen LogP contribution in [-0.4, -0.2) is 27.2 Å². The van der Waals surface area contributed by atoms with E-state index < -0.39 is 0 Å². The fourth-order valence-electron chi connectivity index (χ4n) is 3.02. The predicted molar refractivity (Wildman–Crippen MR) is 84.7 cm³/mol. The van der Waals surface area contributed by atoms with E-state index in [2.05, 4.69) is 20.6 Å². The lowest BCUT2D eigenvalue weighted by Gasteiger charge is -2.13. The van der Waals surface area contributed by atoms with E-state index in [1.165, 1.54) is 25.7 Å². The van der Waals surface area contributed by atoms with Gasteiger partial charge in [-0.25, -0.2) is 9.97 Å². The molecule has 1 unspecified atom stereocenters. The van der Waals surface area contributed by atoms with Crippen LogP contribution in [0.5, 0.6) is 0 Å². The summed E-state index contributed by atoms with van der Waals surface area (Å²) >= 11 is 6.27. The molecule has 0 aromatic carbocycles. The third-order valence-corrected chi connectivity index (χ3v) is 4.27. The van der Waals surface area contributed by atoms with Crippen LogP contribution in [0.3, 0.4) is 0 Å². The van der Waals surface area contributed by atoms with Crippen molar-refractivity contribution in [2.24, 2.45) is 0 Å². The average molecular weight is 308 g/mol. The summed E-state index contributed by atoms with van der Waals surface area (Å²) in [6, 6.07) is 2.05. The van der Waals surface area contributed by atoms with Gasteiger partial charge in [0.1, 0.15) is 11.3 Å². The highest BCUT2D eigenvalue weighted by molar-refractivity contribution is 6.20. The first-order valence-electron chi connectivity index (χ1n) is 7.73. The van der Waals surface area contributed by atoms with Gasteiger partial charge in [-0.1, -0.05) is 12.8 Å². The molecule has 0 spiro atoms. The Hall–Kier alpha value is -1.13. The smallest absolute Gasteiger partial charge is 0.160 e. The van der Waals surface area contributed by atoms with E-state index in [-0.39, 0.29) is 5.38 Å². The van der Waals surface area contributed by atoms with Crippen LogP contribution >= 0.6 is 11.6 Å². The number of hydrogen-bond acceptors (Lipinski definition) is 3. The first kappa shape index (κ1) is 14.8. The fourth-order valence-corrected chi connectivity index (χ4v) is 3.19. The Morgan fingerprint density at radius 2 is 2.19 bits per heavy atom. The number of ether oxygens (including phenoxy) is 1. The van der Waals surface area contributed by atoms with Crippen molar-refractivity contribution >= 4 is 22.8 Å². The second-order valence-electron chi connectivity index (χ2n) is 5.87. The number of pyridine rings is 1. The minimum absolute atomic E-state index is 0.133. The quantitative estimate of drug-likeness (QED) is 0.784. The zero-order valence-corrected chi connectivity index (χ0v) is 13.4. The van der Waals surface area contributed by atoms with Crippen molar-refractivity contribution in [2.75, 3.05) is 6.61 Å². The fraction of sp³-hybridized carbons (Fsp3) is 0.625. The molecule has 0 aliphatic heterocycles. The van der Waals surface area contributed by atoms with Gasteiger partial charge in [-0.2, -0.15) is 0 Å². The lowest BCUT2D eigenvalue weighted by Crippen LogP contribution is -2.15. The molecule has 114 valence electrons. The lowest BCUT2D eigenvalue weighted by molar-refractivity contribution is 0.0530. The summed E-state index contributed by atoms with van der Waals surface area (Å²) in [5.74, 6) is 0.875. The zero-order chi connectivity index (χ0) is 14.8. The molecule has 21 heavy (non-hydrogen) atoms. The van der Waals surface area contributed by atoms with Crippen molar-refractivity contribution < 1.29 is 4.74 Å². The van der Waals surface area contributed by atoms with E-state index in [1.54, 1.807) is 0 Å². The van der Waals surface area contributed by atoms with Crippen LogP contribution in [0.4, 0.5) is 0 Å². The third kappa shape index (κ3) is 3.22. The summed E-state index contributed by atoms with van der Waals surface area (Å²) in [6.45, 7) is 5.43. The standard InChI is InChI=1S/C16H22ClN3O/c1-11-9-14-16(18-10-11)20(15(19-14)12(2)17)7-8-21-13-5-3-4-6-13/h9-10,12-13H,3-8H2,1-2H3. The summed E-state index contributed by atoms with van der Waals surface area (Å²) in [6.07, 6.45) is 7.29. The molecule has 2 heterocycles. The molecule has 4 nitrogen and oxygen atoms in total.